The minimum atomic E-state index is -4.82. The highest BCUT2D eigenvalue weighted by atomic mass is 32.2. The third kappa shape index (κ3) is 5.69. The molecule has 7 nitrogen and oxygen atoms in total. The maximum Gasteiger partial charge on any atom is 0.433 e. The zero-order chi connectivity index (χ0) is 27.9. The van der Waals surface area contributed by atoms with Crippen LogP contribution >= 0.6 is 0 Å². The van der Waals surface area contributed by atoms with Crippen LogP contribution in [-0.4, -0.2) is 37.1 Å². The van der Waals surface area contributed by atoms with Crippen LogP contribution < -0.4 is 9.04 Å². The van der Waals surface area contributed by atoms with Gasteiger partial charge in [-0.05, 0) is 60.0 Å². The second kappa shape index (κ2) is 9.82. The number of sulfonamides is 1. The van der Waals surface area contributed by atoms with E-state index in [9.17, 15) is 39.6 Å². The summed E-state index contributed by atoms with van der Waals surface area (Å²) in [5.41, 5.74) is -2.28. The second-order valence-electron chi connectivity index (χ2n) is 8.34. The third-order valence-corrected chi connectivity index (χ3v) is 7.48. The van der Waals surface area contributed by atoms with E-state index in [1.165, 1.54) is 24.3 Å². The molecule has 0 saturated heterocycles. The van der Waals surface area contributed by atoms with E-state index < -0.39 is 57.1 Å². The van der Waals surface area contributed by atoms with Crippen LogP contribution in [0.5, 0.6) is 5.75 Å². The van der Waals surface area contributed by atoms with Gasteiger partial charge in [0, 0.05) is 12.6 Å². The van der Waals surface area contributed by atoms with Gasteiger partial charge in [0.15, 0.2) is 0 Å². The van der Waals surface area contributed by atoms with Crippen LogP contribution in [0.1, 0.15) is 24.1 Å². The maximum atomic E-state index is 13.6. The molecular weight excluding hydrogens is 542 g/mol. The monoisotopic (exact) mass is 560 g/mol. The first kappa shape index (κ1) is 27.2. The van der Waals surface area contributed by atoms with Gasteiger partial charge in [-0.25, -0.2) is 8.42 Å². The van der Waals surface area contributed by atoms with Crippen molar-refractivity contribution in [3.63, 3.8) is 0 Å². The Morgan fingerprint density at radius 1 is 1.00 bits per heavy atom. The van der Waals surface area contributed by atoms with Crippen LogP contribution in [0.2, 0.25) is 0 Å². The molecule has 0 amide bonds. The number of alkyl halides is 6. The van der Waals surface area contributed by atoms with E-state index >= 15 is 0 Å². The van der Waals surface area contributed by atoms with Gasteiger partial charge in [0.1, 0.15) is 17.5 Å². The van der Waals surface area contributed by atoms with Crippen LogP contribution in [-0.2, 0) is 27.2 Å². The second-order valence-corrected chi connectivity index (χ2v) is 10.2. The van der Waals surface area contributed by atoms with Crippen molar-refractivity contribution in [2.24, 2.45) is 0 Å². The van der Waals surface area contributed by atoms with Gasteiger partial charge >= 0.3 is 18.3 Å². The number of pyridine rings is 1. The molecular formula is C24H18F6N2O5S. The predicted octanol–water partition coefficient (Wildman–Crippen LogP) is 5.61. The van der Waals surface area contributed by atoms with Crippen molar-refractivity contribution < 1.29 is 49.4 Å². The Bertz CT molecular complexity index is 1470. The lowest BCUT2D eigenvalue weighted by atomic mass is 10.0. The Hall–Kier alpha value is -3.81. The van der Waals surface area contributed by atoms with Gasteiger partial charge in [0.05, 0.1) is 22.7 Å². The number of rotatable bonds is 6. The van der Waals surface area contributed by atoms with E-state index in [0.29, 0.717) is 12.1 Å². The number of carbonyl (C=O) groups is 1. The number of benzene rings is 2. The number of nitrogens with zero attached hydrogens (tertiary/aromatic N) is 2. The summed E-state index contributed by atoms with van der Waals surface area (Å²) in [6.45, 7) is -0.438. The number of hydrogen-bond donors (Lipinski definition) is 1. The molecule has 1 aliphatic heterocycles. The lowest BCUT2D eigenvalue weighted by Crippen LogP contribution is -2.43. The number of anilines is 1. The van der Waals surface area contributed by atoms with Gasteiger partial charge < -0.3 is 9.84 Å². The zero-order valence-electron chi connectivity index (χ0n) is 19.1. The van der Waals surface area contributed by atoms with Crippen molar-refractivity contribution in [2.75, 3.05) is 10.8 Å². The fourth-order valence-corrected chi connectivity index (χ4v) is 5.42. The highest BCUT2D eigenvalue weighted by Gasteiger charge is 2.37. The molecule has 0 spiro atoms. The van der Waals surface area contributed by atoms with Crippen molar-refractivity contribution in [1.82, 2.24) is 4.98 Å². The number of fused-ring (bicyclic) bond motifs is 1. The molecule has 0 unspecified atom stereocenters. The molecule has 4 rings (SSSR count). The molecule has 2 heterocycles. The van der Waals surface area contributed by atoms with Crippen LogP contribution in [0.15, 0.2) is 65.7 Å². The summed E-state index contributed by atoms with van der Waals surface area (Å²) >= 11 is 0. The summed E-state index contributed by atoms with van der Waals surface area (Å²) in [5, 5.41) is 9.01. The Morgan fingerprint density at radius 3 is 2.37 bits per heavy atom. The molecule has 0 radical (unpaired) electrons. The lowest BCUT2D eigenvalue weighted by Gasteiger charge is -2.36. The molecule has 2 aromatic carbocycles. The molecule has 38 heavy (non-hydrogen) atoms. The van der Waals surface area contributed by atoms with Crippen molar-refractivity contribution in [2.45, 2.75) is 36.2 Å². The summed E-state index contributed by atoms with van der Waals surface area (Å²) in [5.74, 6) is -1.20. The lowest BCUT2D eigenvalue weighted by molar-refractivity contribution is -0.141. The van der Waals surface area contributed by atoms with E-state index in [2.05, 4.69) is 4.98 Å². The number of aliphatic carboxylic acids is 1. The summed E-state index contributed by atoms with van der Waals surface area (Å²) in [6, 6.07) is 9.07. The minimum Gasteiger partial charge on any atom is -0.486 e. The zero-order valence-corrected chi connectivity index (χ0v) is 19.9. The van der Waals surface area contributed by atoms with E-state index in [1.54, 1.807) is 0 Å². The van der Waals surface area contributed by atoms with Gasteiger partial charge in [-0.1, -0.05) is 12.1 Å². The van der Waals surface area contributed by atoms with Gasteiger partial charge in [-0.15, -0.1) is 0 Å². The van der Waals surface area contributed by atoms with Crippen molar-refractivity contribution in [1.29, 1.82) is 0 Å². The maximum absolute atomic E-state index is 13.6. The molecule has 3 aromatic rings. The number of halogens is 6. The van der Waals surface area contributed by atoms with Crippen LogP contribution in [0.25, 0.3) is 11.1 Å². The average Bonchev–Trinajstić information content (AvgIpc) is 2.85. The first-order chi connectivity index (χ1) is 17.7. The van der Waals surface area contributed by atoms with E-state index in [4.69, 9.17) is 9.84 Å². The number of ether oxygens (including phenoxy) is 1. The number of carboxylic acids is 1. The summed E-state index contributed by atoms with van der Waals surface area (Å²) in [4.78, 5) is 13.7. The highest BCUT2D eigenvalue weighted by molar-refractivity contribution is 7.92. The molecule has 14 heteroatoms. The molecule has 1 N–H and O–H groups in total. The first-order valence-electron chi connectivity index (χ1n) is 10.9. The van der Waals surface area contributed by atoms with Crippen molar-refractivity contribution >= 4 is 21.7 Å². The van der Waals surface area contributed by atoms with Crippen molar-refractivity contribution in [3.05, 3.63) is 72.1 Å². The first-order valence-corrected chi connectivity index (χ1v) is 12.4. The predicted molar refractivity (Wildman–Crippen MR) is 122 cm³/mol. The fraction of sp³-hybridized carbons (Fsp3) is 0.250. The molecule has 202 valence electrons. The molecule has 1 aliphatic rings. The van der Waals surface area contributed by atoms with Gasteiger partial charge in [-0.2, -0.15) is 26.3 Å². The van der Waals surface area contributed by atoms with E-state index in [-0.39, 0.29) is 35.4 Å². The summed E-state index contributed by atoms with van der Waals surface area (Å²) in [6.07, 6.45) is -10.0. The molecule has 0 saturated carbocycles. The molecule has 0 aliphatic carbocycles. The van der Waals surface area contributed by atoms with Crippen LogP contribution in [0, 0.1) is 0 Å². The SMILES string of the molecule is O=C(O)CC[C@H]1CN(S(=O)(=O)c2cccc(C(F)(F)F)c2)c2cc(-c3ccnc(C(F)(F)F)c3)ccc2O1. The smallest absolute Gasteiger partial charge is 0.433 e. The fourth-order valence-electron chi connectivity index (χ4n) is 3.88. The minimum absolute atomic E-state index is 0.0314. The van der Waals surface area contributed by atoms with E-state index in [0.717, 1.165) is 28.7 Å². The van der Waals surface area contributed by atoms with Crippen LogP contribution in [0.4, 0.5) is 32.0 Å². The Labute approximate surface area is 212 Å². The van der Waals surface area contributed by atoms with Gasteiger partial charge in [0.25, 0.3) is 10.0 Å². The van der Waals surface area contributed by atoms with Crippen LogP contribution in [0.3, 0.4) is 0 Å². The summed E-state index contributed by atoms with van der Waals surface area (Å²) < 4.78 is 113. The standard InChI is InChI=1S/C24H18F6N2O5S/c25-23(26,27)16-2-1-3-18(12-16)38(35,36)32-13-17(5-7-22(33)34)37-20-6-4-14(10-19(20)32)15-8-9-31-21(11-15)24(28,29)30/h1-4,6,8-12,17H,5,7,13H2,(H,33,34)/t17-/m0/s1. The van der Waals surface area contributed by atoms with Gasteiger partial charge in [0.2, 0.25) is 0 Å². The Morgan fingerprint density at radius 2 is 1.71 bits per heavy atom. The molecule has 1 aromatic heterocycles. The Balaban J connectivity index is 1.82. The number of carboxylic acid groups (broad SMARTS) is 1. The third-order valence-electron chi connectivity index (χ3n) is 5.70. The Kier molecular flexibility index (Phi) is 7.03. The highest BCUT2D eigenvalue weighted by Crippen LogP contribution is 2.41. The normalized spacial score (nSPS) is 16.1. The van der Waals surface area contributed by atoms with Crippen molar-refractivity contribution in [3.8, 4) is 16.9 Å². The van der Waals surface area contributed by atoms with E-state index in [1.807, 2.05) is 0 Å². The largest absolute Gasteiger partial charge is 0.486 e. The molecule has 0 bridgehead atoms. The molecule has 0 fully saturated rings. The molecule has 1 atom stereocenters. The summed E-state index contributed by atoms with van der Waals surface area (Å²) in [7, 11) is -4.65. The average molecular weight is 560 g/mol. The number of aromatic nitrogens is 1. The topological polar surface area (TPSA) is 96.8 Å². The number of hydrogen-bond acceptors (Lipinski definition) is 5. The quantitative estimate of drug-likeness (QED) is 0.394. The van der Waals surface area contributed by atoms with Gasteiger partial charge in [-0.3, -0.25) is 14.1 Å².